The van der Waals surface area contributed by atoms with Crippen molar-refractivity contribution < 1.29 is 14.3 Å². The van der Waals surface area contributed by atoms with E-state index in [1.54, 1.807) is 12.1 Å². The van der Waals surface area contributed by atoms with Gasteiger partial charge in [0.25, 0.3) is 0 Å². The molecule has 5 heteroatoms. The van der Waals surface area contributed by atoms with Gasteiger partial charge in [-0.1, -0.05) is 25.4 Å². The van der Waals surface area contributed by atoms with Crippen LogP contribution in [0.5, 0.6) is 5.75 Å². The number of carbonyl (C=O) groups excluding carboxylic acids is 1. The molecule has 0 aliphatic heterocycles. The van der Waals surface area contributed by atoms with Crippen LogP contribution in [-0.4, -0.2) is 25.7 Å². The number of methoxy groups -OCH3 is 1. The minimum absolute atomic E-state index is 0.287. The van der Waals surface area contributed by atoms with E-state index in [9.17, 15) is 4.79 Å². The molecule has 0 aromatic heterocycles. The van der Waals surface area contributed by atoms with Crippen LogP contribution < -0.4 is 10.1 Å². The summed E-state index contributed by atoms with van der Waals surface area (Å²) >= 11 is 6.12. The number of hydrogen-bond acceptors (Lipinski definition) is 4. The number of carbonyl (C=O) groups is 1. The molecule has 0 aliphatic carbocycles. The fourth-order valence-electron chi connectivity index (χ4n) is 1.59. The van der Waals surface area contributed by atoms with E-state index in [0.29, 0.717) is 23.8 Å². The highest BCUT2D eigenvalue weighted by molar-refractivity contribution is 6.32. The highest BCUT2D eigenvalue weighted by Crippen LogP contribution is 2.28. The monoisotopic (exact) mass is 285 g/mol. The minimum Gasteiger partial charge on any atom is -0.492 e. The lowest BCUT2D eigenvalue weighted by molar-refractivity contribution is -0.141. The summed E-state index contributed by atoms with van der Waals surface area (Å²) in [5, 5.41) is 3.62. The summed E-state index contributed by atoms with van der Waals surface area (Å²) in [6.45, 7) is 4.58. The van der Waals surface area contributed by atoms with Crippen LogP contribution in [0, 0.1) is 0 Å². The van der Waals surface area contributed by atoms with Crippen LogP contribution in [-0.2, 0) is 9.53 Å². The molecule has 0 heterocycles. The first-order valence-corrected chi connectivity index (χ1v) is 6.76. The zero-order valence-corrected chi connectivity index (χ0v) is 12.3. The van der Waals surface area contributed by atoms with E-state index in [2.05, 4.69) is 5.32 Å². The van der Waals surface area contributed by atoms with E-state index in [4.69, 9.17) is 21.1 Å². The van der Waals surface area contributed by atoms with E-state index >= 15 is 0 Å². The van der Waals surface area contributed by atoms with Gasteiger partial charge >= 0.3 is 5.97 Å². The Morgan fingerprint density at radius 3 is 2.68 bits per heavy atom. The highest BCUT2D eigenvalue weighted by atomic mass is 35.5. The van der Waals surface area contributed by atoms with Gasteiger partial charge in [0.1, 0.15) is 11.8 Å². The van der Waals surface area contributed by atoms with Crippen molar-refractivity contribution in [1.29, 1.82) is 0 Å². The van der Waals surface area contributed by atoms with Crippen molar-refractivity contribution in [2.45, 2.75) is 32.7 Å². The fourth-order valence-corrected chi connectivity index (χ4v) is 1.83. The number of esters is 1. The third-order valence-corrected chi connectivity index (χ3v) is 2.92. The quantitative estimate of drug-likeness (QED) is 0.779. The molecule has 106 valence electrons. The molecule has 0 spiro atoms. The minimum atomic E-state index is -0.372. The third kappa shape index (κ3) is 4.63. The van der Waals surface area contributed by atoms with Crippen molar-refractivity contribution in [2.75, 3.05) is 19.0 Å². The molecular formula is C14H20ClNO3. The fraction of sp³-hybridized carbons (Fsp3) is 0.500. The number of benzene rings is 1. The second-order valence-electron chi connectivity index (χ2n) is 4.12. The molecule has 1 rings (SSSR count). The molecule has 1 atom stereocenters. The second kappa shape index (κ2) is 7.89. The zero-order valence-electron chi connectivity index (χ0n) is 11.5. The molecule has 0 radical (unpaired) electrons. The standard InChI is InChI=1S/C14H20ClNO3/c1-4-8-19-13-7-6-10(9-11(13)15)16-12(5-2)14(17)18-3/h6-7,9,12,16H,4-5,8H2,1-3H3. The maximum Gasteiger partial charge on any atom is 0.328 e. The van der Waals surface area contributed by atoms with E-state index in [1.807, 2.05) is 19.9 Å². The Kier molecular flexibility index (Phi) is 6.50. The Morgan fingerprint density at radius 2 is 2.16 bits per heavy atom. The van der Waals surface area contributed by atoms with Crippen LogP contribution >= 0.6 is 11.6 Å². The van der Waals surface area contributed by atoms with Crippen LogP contribution in [0.1, 0.15) is 26.7 Å². The van der Waals surface area contributed by atoms with Crippen LogP contribution in [0.25, 0.3) is 0 Å². The highest BCUT2D eigenvalue weighted by Gasteiger charge is 2.16. The molecule has 19 heavy (non-hydrogen) atoms. The first-order valence-electron chi connectivity index (χ1n) is 6.39. The summed E-state index contributed by atoms with van der Waals surface area (Å²) in [6, 6.07) is 5.01. The van der Waals surface area contributed by atoms with Gasteiger partial charge in [-0.2, -0.15) is 0 Å². The number of halogens is 1. The summed E-state index contributed by atoms with van der Waals surface area (Å²) in [5.74, 6) is 0.366. The maximum absolute atomic E-state index is 11.5. The Hall–Kier alpha value is -1.42. The molecule has 0 amide bonds. The molecular weight excluding hydrogens is 266 g/mol. The number of rotatable bonds is 7. The van der Waals surface area contributed by atoms with Crippen molar-refractivity contribution in [2.24, 2.45) is 0 Å². The molecule has 1 aromatic carbocycles. The first kappa shape index (κ1) is 15.6. The van der Waals surface area contributed by atoms with Gasteiger partial charge in [0.05, 0.1) is 18.7 Å². The molecule has 0 aliphatic rings. The lowest BCUT2D eigenvalue weighted by atomic mass is 10.2. The maximum atomic E-state index is 11.5. The van der Waals surface area contributed by atoms with Gasteiger partial charge in [0.15, 0.2) is 0 Å². The molecule has 0 bridgehead atoms. The number of hydrogen-bond donors (Lipinski definition) is 1. The Balaban J connectivity index is 2.74. The third-order valence-electron chi connectivity index (χ3n) is 2.63. The van der Waals surface area contributed by atoms with Gasteiger partial charge in [-0.25, -0.2) is 4.79 Å². The van der Waals surface area contributed by atoms with Crippen molar-refractivity contribution in [3.05, 3.63) is 23.2 Å². The van der Waals surface area contributed by atoms with Gasteiger partial charge in [-0.15, -0.1) is 0 Å². The molecule has 0 saturated carbocycles. The van der Waals surface area contributed by atoms with Crippen molar-refractivity contribution in [3.8, 4) is 5.75 Å². The zero-order chi connectivity index (χ0) is 14.3. The van der Waals surface area contributed by atoms with E-state index in [1.165, 1.54) is 7.11 Å². The van der Waals surface area contributed by atoms with E-state index in [-0.39, 0.29) is 12.0 Å². The number of ether oxygens (including phenoxy) is 2. The van der Waals surface area contributed by atoms with Crippen LogP contribution in [0.3, 0.4) is 0 Å². The Labute approximate surface area is 119 Å². The normalized spacial score (nSPS) is 11.8. The number of nitrogens with one attached hydrogen (secondary N) is 1. The Bertz CT molecular complexity index is 423. The van der Waals surface area contributed by atoms with Gasteiger partial charge in [-0.3, -0.25) is 0 Å². The van der Waals surface area contributed by atoms with Crippen molar-refractivity contribution in [3.63, 3.8) is 0 Å². The van der Waals surface area contributed by atoms with Crippen LogP contribution in [0.2, 0.25) is 5.02 Å². The van der Waals surface area contributed by atoms with Gasteiger partial charge in [-0.05, 0) is 31.0 Å². The van der Waals surface area contributed by atoms with Crippen LogP contribution in [0.4, 0.5) is 5.69 Å². The van der Waals surface area contributed by atoms with E-state index < -0.39 is 0 Å². The van der Waals surface area contributed by atoms with E-state index in [0.717, 1.165) is 12.1 Å². The topological polar surface area (TPSA) is 47.6 Å². The summed E-state index contributed by atoms with van der Waals surface area (Å²) in [7, 11) is 1.38. The predicted octanol–water partition coefficient (Wildman–Crippen LogP) is 3.49. The largest absolute Gasteiger partial charge is 0.492 e. The first-order chi connectivity index (χ1) is 9.12. The summed E-state index contributed by atoms with van der Waals surface area (Å²) in [6.07, 6.45) is 1.56. The number of anilines is 1. The predicted molar refractivity (Wildman–Crippen MR) is 77.0 cm³/mol. The SMILES string of the molecule is CCCOc1ccc(NC(CC)C(=O)OC)cc1Cl. The molecule has 1 aromatic rings. The summed E-state index contributed by atoms with van der Waals surface area (Å²) in [5.41, 5.74) is 0.770. The van der Waals surface area contributed by atoms with Gasteiger partial charge in [0, 0.05) is 5.69 Å². The summed E-state index contributed by atoms with van der Waals surface area (Å²) in [4.78, 5) is 11.5. The lowest BCUT2D eigenvalue weighted by Crippen LogP contribution is -2.29. The smallest absolute Gasteiger partial charge is 0.328 e. The molecule has 1 N–H and O–H groups in total. The second-order valence-corrected chi connectivity index (χ2v) is 4.53. The molecule has 0 fully saturated rings. The van der Waals surface area contributed by atoms with Gasteiger partial charge in [0.2, 0.25) is 0 Å². The average Bonchev–Trinajstić information content (AvgIpc) is 2.43. The average molecular weight is 286 g/mol. The molecule has 1 unspecified atom stereocenters. The van der Waals surface area contributed by atoms with Crippen molar-refractivity contribution in [1.82, 2.24) is 0 Å². The van der Waals surface area contributed by atoms with Gasteiger partial charge < -0.3 is 14.8 Å². The summed E-state index contributed by atoms with van der Waals surface area (Å²) < 4.78 is 10.2. The lowest BCUT2D eigenvalue weighted by Gasteiger charge is -2.16. The van der Waals surface area contributed by atoms with Crippen LogP contribution in [0.15, 0.2) is 18.2 Å². The molecule has 0 saturated heterocycles. The molecule has 4 nitrogen and oxygen atoms in total. The Morgan fingerprint density at radius 1 is 1.42 bits per heavy atom. The van der Waals surface area contributed by atoms with Crippen molar-refractivity contribution >= 4 is 23.3 Å².